The van der Waals surface area contributed by atoms with Crippen molar-refractivity contribution in [2.24, 2.45) is 0 Å². The number of nitrogens with zero attached hydrogens (tertiary/aromatic N) is 1. The van der Waals surface area contributed by atoms with Crippen LogP contribution in [0.25, 0.3) is 10.9 Å². The third kappa shape index (κ3) is 3.93. The predicted octanol–water partition coefficient (Wildman–Crippen LogP) is 4.44. The van der Waals surface area contributed by atoms with E-state index in [2.05, 4.69) is 0 Å². The number of sulfone groups is 1. The van der Waals surface area contributed by atoms with Gasteiger partial charge in [-0.15, -0.1) is 0 Å². The van der Waals surface area contributed by atoms with Crippen LogP contribution in [0.15, 0.2) is 47.4 Å². The summed E-state index contributed by atoms with van der Waals surface area (Å²) in [7, 11) is -3.83. The van der Waals surface area contributed by atoms with Gasteiger partial charge in [0.1, 0.15) is 16.6 Å². The smallest absolute Gasteiger partial charge is 0.343 e. The first-order valence-electron chi connectivity index (χ1n) is 10.1. The third-order valence-electron chi connectivity index (χ3n) is 5.47. The van der Waals surface area contributed by atoms with Gasteiger partial charge in [0.15, 0.2) is 9.84 Å². The second-order valence-electron chi connectivity index (χ2n) is 7.83. The number of carbonyl (C=O) groups is 1. The highest BCUT2D eigenvalue weighted by Gasteiger charge is 2.34. The van der Waals surface area contributed by atoms with E-state index in [1.165, 1.54) is 6.20 Å². The first kappa shape index (κ1) is 22.5. The zero-order chi connectivity index (χ0) is 23.2. The van der Waals surface area contributed by atoms with E-state index in [0.717, 1.165) is 25.2 Å². The summed E-state index contributed by atoms with van der Waals surface area (Å²) in [6, 6.07) is 9.16. The van der Waals surface area contributed by atoms with Gasteiger partial charge in [-0.25, -0.2) is 17.6 Å². The molecule has 2 aromatic carbocycles. The maximum absolute atomic E-state index is 15.4. The Labute approximate surface area is 189 Å². The van der Waals surface area contributed by atoms with Crippen LogP contribution in [0.5, 0.6) is 0 Å². The monoisotopic (exact) mass is 477 g/mol. The van der Waals surface area contributed by atoms with Crippen LogP contribution < -0.4 is 5.43 Å². The summed E-state index contributed by atoms with van der Waals surface area (Å²) >= 11 is 6.66. The van der Waals surface area contributed by atoms with E-state index in [9.17, 15) is 18.0 Å². The van der Waals surface area contributed by atoms with Crippen LogP contribution in [0, 0.1) is 5.82 Å². The molecule has 1 atom stereocenters. The molecule has 0 saturated heterocycles. The van der Waals surface area contributed by atoms with Crippen molar-refractivity contribution >= 4 is 38.3 Å². The van der Waals surface area contributed by atoms with E-state index < -0.39 is 32.3 Å². The van der Waals surface area contributed by atoms with E-state index in [1.807, 2.05) is 0 Å². The standard InChI is InChI=1S/C23H21ClFNO5S/c1-3-31-23(28)16-12-26(14-9-10-14)20-15(21(16)27)11-17(25)18(19(20)24)22(32(2,29)30)13-7-5-4-6-8-13/h4-8,11-12,14,22H,3,9-10H2,1-2H3. The van der Waals surface area contributed by atoms with E-state index in [0.29, 0.717) is 5.56 Å². The molecule has 32 heavy (non-hydrogen) atoms. The molecule has 9 heteroatoms. The Morgan fingerprint density at radius 1 is 1.28 bits per heavy atom. The number of hydrogen-bond acceptors (Lipinski definition) is 5. The molecule has 1 fully saturated rings. The van der Waals surface area contributed by atoms with Crippen LogP contribution in [0.2, 0.25) is 5.02 Å². The summed E-state index contributed by atoms with van der Waals surface area (Å²) in [5.74, 6) is -1.73. The minimum Gasteiger partial charge on any atom is -0.462 e. The zero-order valence-electron chi connectivity index (χ0n) is 17.5. The van der Waals surface area contributed by atoms with E-state index >= 15 is 4.39 Å². The third-order valence-corrected chi connectivity index (χ3v) is 7.22. The van der Waals surface area contributed by atoms with Gasteiger partial charge >= 0.3 is 5.97 Å². The van der Waals surface area contributed by atoms with E-state index in [4.69, 9.17) is 16.3 Å². The number of rotatable bonds is 6. The number of esters is 1. The molecular weight excluding hydrogens is 457 g/mol. The summed E-state index contributed by atoms with van der Waals surface area (Å²) in [5.41, 5.74) is -0.562. The maximum Gasteiger partial charge on any atom is 0.343 e. The van der Waals surface area contributed by atoms with Crippen LogP contribution in [0.3, 0.4) is 0 Å². The number of halogens is 2. The highest BCUT2D eigenvalue weighted by molar-refractivity contribution is 7.91. The Morgan fingerprint density at radius 2 is 1.94 bits per heavy atom. The molecule has 0 radical (unpaired) electrons. The molecule has 0 bridgehead atoms. The van der Waals surface area contributed by atoms with E-state index in [1.54, 1.807) is 41.8 Å². The Balaban J connectivity index is 2.07. The molecule has 0 N–H and O–H groups in total. The largest absolute Gasteiger partial charge is 0.462 e. The van der Waals surface area contributed by atoms with Gasteiger partial charge in [-0.1, -0.05) is 41.9 Å². The number of pyridine rings is 1. The van der Waals surface area contributed by atoms with Crippen LogP contribution in [0.1, 0.15) is 52.5 Å². The molecule has 168 valence electrons. The molecule has 1 aliphatic rings. The van der Waals surface area contributed by atoms with Crippen LogP contribution in [-0.2, 0) is 14.6 Å². The normalized spacial score (nSPS) is 15.0. The number of ether oxygens (including phenoxy) is 1. The van der Waals surface area contributed by atoms with Gasteiger partial charge in [0, 0.05) is 24.1 Å². The van der Waals surface area contributed by atoms with Crippen molar-refractivity contribution in [3.63, 3.8) is 0 Å². The first-order chi connectivity index (χ1) is 15.1. The lowest BCUT2D eigenvalue weighted by Crippen LogP contribution is -2.22. The maximum atomic E-state index is 15.4. The van der Waals surface area contributed by atoms with Crippen molar-refractivity contribution in [3.8, 4) is 0 Å². The molecule has 6 nitrogen and oxygen atoms in total. The topological polar surface area (TPSA) is 82.4 Å². The molecule has 1 aromatic heterocycles. The lowest BCUT2D eigenvalue weighted by molar-refractivity contribution is 0.0524. The predicted molar refractivity (Wildman–Crippen MR) is 121 cm³/mol. The summed E-state index contributed by atoms with van der Waals surface area (Å²) in [6.07, 6.45) is 3.98. The van der Waals surface area contributed by atoms with Crippen molar-refractivity contribution in [2.75, 3.05) is 12.9 Å². The van der Waals surface area contributed by atoms with Crippen molar-refractivity contribution in [1.29, 1.82) is 0 Å². The Morgan fingerprint density at radius 3 is 2.50 bits per heavy atom. The minimum absolute atomic E-state index is 0.0319. The summed E-state index contributed by atoms with van der Waals surface area (Å²) in [6.45, 7) is 1.71. The van der Waals surface area contributed by atoms with E-state index in [-0.39, 0.29) is 39.7 Å². The zero-order valence-corrected chi connectivity index (χ0v) is 19.0. The van der Waals surface area contributed by atoms with Crippen molar-refractivity contribution in [3.05, 3.63) is 80.3 Å². The van der Waals surface area contributed by atoms with Gasteiger partial charge in [0.25, 0.3) is 0 Å². The molecule has 0 spiro atoms. The number of carbonyl (C=O) groups excluding carboxylic acids is 1. The van der Waals surface area contributed by atoms with Gasteiger partial charge in [-0.3, -0.25) is 4.79 Å². The Kier molecular flexibility index (Phi) is 5.85. The average Bonchev–Trinajstić information content (AvgIpc) is 3.57. The summed E-state index contributed by atoms with van der Waals surface area (Å²) < 4.78 is 47.5. The minimum atomic E-state index is -3.83. The quantitative estimate of drug-likeness (QED) is 0.490. The first-order valence-corrected chi connectivity index (χ1v) is 12.5. The number of benzene rings is 2. The fourth-order valence-corrected chi connectivity index (χ4v) is 5.72. The van der Waals surface area contributed by atoms with Gasteiger partial charge in [0.2, 0.25) is 5.43 Å². The molecule has 1 heterocycles. The van der Waals surface area contributed by atoms with Crippen LogP contribution in [0.4, 0.5) is 4.39 Å². The lowest BCUT2D eigenvalue weighted by Gasteiger charge is -2.21. The van der Waals surface area contributed by atoms with Crippen LogP contribution in [-0.4, -0.2) is 31.8 Å². The highest BCUT2D eigenvalue weighted by atomic mass is 35.5. The molecule has 1 unspecified atom stereocenters. The fraction of sp³-hybridized carbons (Fsp3) is 0.304. The molecular formula is C23H21ClFNO5S. The molecule has 1 aliphatic carbocycles. The van der Waals surface area contributed by atoms with Gasteiger partial charge in [0.05, 0.1) is 22.5 Å². The highest BCUT2D eigenvalue weighted by Crippen LogP contribution is 2.43. The average molecular weight is 478 g/mol. The van der Waals surface area contributed by atoms with Crippen molar-refractivity contribution in [1.82, 2.24) is 4.57 Å². The molecule has 0 aliphatic heterocycles. The number of hydrogen-bond donors (Lipinski definition) is 0. The molecule has 1 saturated carbocycles. The SMILES string of the molecule is CCOC(=O)c1cn(C2CC2)c2c(Cl)c(C(c3ccccc3)S(C)(=O)=O)c(F)cc2c1=O. The van der Waals surface area contributed by atoms with Crippen LogP contribution >= 0.6 is 11.6 Å². The number of fused-ring (bicyclic) bond motifs is 1. The second-order valence-corrected chi connectivity index (χ2v) is 10.3. The summed E-state index contributed by atoms with van der Waals surface area (Å²) in [5, 5.41) is -1.60. The van der Waals surface area contributed by atoms with Gasteiger partial charge < -0.3 is 9.30 Å². The van der Waals surface area contributed by atoms with Crippen molar-refractivity contribution < 1.29 is 22.3 Å². The molecule has 4 rings (SSSR count). The second kappa shape index (κ2) is 8.33. The van der Waals surface area contributed by atoms with Crippen molar-refractivity contribution in [2.45, 2.75) is 31.1 Å². The molecule has 0 amide bonds. The Hall–Kier alpha value is -2.71. The van der Waals surface area contributed by atoms with Gasteiger partial charge in [-0.2, -0.15) is 0 Å². The Bertz CT molecular complexity index is 1380. The fourth-order valence-electron chi connectivity index (χ4n) is 3.95. The number of aromatic nitrogens is 1. The molecule has 3 aromatic rings. The van der Waals surface area contributed by atoms with Gasteiger partial charge in [-0.05, 0) is 31.4 Å². The summed E-state index contributed by atoms with van der Waals surface area (Å²) in [4.78, 5) is 25.4. The lowest BCUT2D eigenvalue weighted by atomic mass is 10.0.